The van der Waals surface area contributed by atoms with Crippen molar-refractivity contribution in [3.63, 3.8) is 0 Å². The van der Waals surface area contributed by atoms with E-state index in [4.69, 9.17) is 5.11 Å². The van der Waals surface area contributed by atoms with E-state index >= 15 is 0 Å². The van der Waals surface area contributed by atoms with Gasteiger partial charge in [0.25, 0.3) is 0 Å². The van der Waals surface area contributed by atoms with Crippen molar-refractivity contribution in [2.45, 2.75) is 0 Å². The van der Waals surface area contributed by atoms with E-state index in [2.05, 4.69) is 20.5 Å². The summed E-state index contributed by atoms with van der Waals surface area (Å²) in [5, 5.41) is 14.2. The second-order valence-electron chi connectivity index (χ2n) is 5.86. The van der Waals surface area contributed by atoms with Crippen LogP contribution in [0.15, 0.2) is 48.5 Å². The first kappa shape index (κ1) is 17.6. The molecule has 0 bridgehead atoms. The van der Waals surface area contributed by atoms with Crippen LogP contribution < -0.4 is 15.5 Å². The lowest BCUT2D eigenvalue weighted by Gasteiger charge is -2.28. The van der Waals surface area contributed by atoms with Crippen molar-refractivity contribution in [3.8, 4) is 0 Å². The first-order chi connectivity index (χ1) is 12.6. The van der Waals surface area contributed by atoms with Gasteiger partial charge in [0, 0.05) is 37.4 Å². The van der Waals surface area contributed by atoms with Crippen molar-refractivity contribution in [1.29, 1.82) is 0 Å². The molecule has 3 rings (SSSR count). The van der Waals surface area contributed by atoms with E-state index in [1.807, 2.05) is 18.2 Å². The van der Waals surface area contributed by atoms with Gasteiger partial charge in [-0.2, -0.15) is 0 Å². The lowest BCUT2D eigenvalue weighted by molar-refractivity contribution is 0.104. The Morgan fingerprint density at radius 2 is 1.85 bits per heavy atom. The van der Waals surface area contributed by atoms with Gasteiger partial charge in [0.05, 0.1) is 5.69 Å². The van der Waals surface area contributed by atoms with E-state index in [1.54, 1.807) is 30.3 Å². The number of rotatable bonds is 5. The summed E-state index contributed by atoms with van der Waals surface area (Å²) < 4.78 is 0. The SMILES string of the molecule is O=C(O)Nc1ccc(C(=O)C=Cc2cccc(N3CCNCC3)n2)cc1. The molecule has 1 saturated heterocycles. The Balaban J connectivity index is 1.67. The molecule has 134 valence electrons. The highest BCUT2D eigenvalue weighted by Crippen LogP contribution is 2.14. The number of hydrogen-bond acceptors (Lipinski definition) is 5. The van der Waals surface area contributed by atoms with Crippen LogP contribution >= 0.6 is 0 Å². The van der Waals surface area contributed by atoms with Gasteiger partial charge in [0.15, 0.2) is 5.78 Å². The molecule has 1 fully saturated rings. The Morgan fingerprint density at radius 1 is 1.12 bits per heavy atom. The summed E-state index contributed by atoms with van der Waals surface area (Å²) in [4.78, 5) is 29.7. The number of carbonyl (C=O) groups is 2. The third kappa shape index (κ3) is 4.67. The molecule has 1 aliphatic heterocycles. The molecule has 1 aromatic carbocycles. The minimum atomic E-state index is -1.14. The zero-order valence-corrected chi connectivity index (χ0v) is 14.2. The van der Waals surface area contributed by atoms with Gasteiger partial charge in [-0.1, -0.05) is 6.07 Å². The molecule has 1 amide bonds. The smallest absolute Gasteiger partial charge is 0.409 e. The number of hydrogen-bond donors (Lipinski definition) is 3. The molecule has 0 saturated carbocycles. The summed E-state index contributed by atoms with van der Waals surface area (Å²) in [5.41, 5.74) is 1.62. The number of piperazine rings is 1. The van der Waals surface area contributed by atoms with E-state index in [1.165, 1.54) is 6.08 Å². The second kappa shape index (κ2) is 8.26. The molecular weight excluding hydrogens is 332 g/mol. The maximum Gasteiger partial charge on any atom is 0.409 e. The Morgan fingerprint density at radius 3 is 2.54 bits per heavy atom. The van der Waals surface area contributed by atoms with Gasteiger partial charge in [0.2, 0.25) is 0 Å². The van der Waals surface area contributed by atoms with Gasteiger partial charge in [-0.15, -0.1) is 0 Å². The van der Waals surface area contributed by atoms with Crippen LogP contribution in [0.1, 0.15) is 16.1 Å². The number of pyridine rings is 1. The van der Waals surface area contributed by atoms with Crippen molar-refractivity contribution in [1.82, 2.24) is 10.3 Å². The summed E-state index contributed by atoms with van der Waals surface area (Å²) in [7, 11) is 0. The van der Waals surface area contributed by atoms with Gasteiger partial charge in [0.1, 0.15) is 5.82 Å². The molecule has 3 N–H and O–H groups in total. The van der Waals surface area contributed by atoms with Crippen molar-refractivity contribution in [3.05, 3.63) is 59.8 Å². The predicted molar refractivity (Wildman–Crippen MR) is 101 cm³/mol. The van der Waals surface area contributed by atoms with Gasteiger partial charge in [-0.05, 0) is 48.6 Å². The fraction of sp³-hybridized carbons (Fsp3) is 0.211. The minimum absolute atomic E-state index is 0.166. The highest BCUT2D eigenvalue weighted by molar-refractivity contribution is 6.07. The minimum Gasteiger partial charge on any atom is -0.465 e. The molecule has 7 heteroatoms. The summed E-state index contributed by atoms with van der Waals surface area (Å²) in [6, 6.07) is 12.0. The highest BCUT2D eigenvalue weighted by Gasteiger charge is 2.11. The van der Waals surface area contributed by atoms with Crippen LogP contribution in [0, 0.1) is 0 Å². The molecule has 0 atom stereocenters. The summed E-state index contributed by atoms with van der Waals surface area (Å²) in [6.07, 6.45) is 2.03. The molecule has 0 radical (unpaired) electrons. The van der Waals surface area contributed by atoms with Crippen molar-refractivity contribution < 1.29 is 14.7 Å². The van der Waals surface area contributed by atoms with Crippen LogP contribution in [0.2, 0.25) is 0 Å². The summed E-state index contributed by atoms with van der Waals surface area (Å²) in [6.45, 7) is 3.70. The number of allylic oxidation sites excluding steroid dienone is 1. The van der Waals surface area contributed by atoms with Crippen molar-refractivity contribution in [2.75, 3.05) is 36.4 Å². The second-order valence-corrected chi connectivity index (χ2v) is 5.86. The van der Waals surface area contributed by atoms with Crippen LogP contribution in [0.4, 0.5) is 16.3 Å². The number of nitrogens with one attached hydrogen (secondary N) is 2. The number of aromatic nitrogens is 1. The Bertz CT molecular complexity index is 812. The topological polar surface area (TPSA) is 94.6 Å². The zero-order valence-electron chi connectivity index (χ0n) is 14.2. The van der Waals surface area contributed by atoms with Crippen molar-refractivity contribution in [2.24, 2.45) is 0 Å². The largest absolute Gasteiger partial charge is 0.465 e. The molecule has 0 spiro atoms. The highest BCUT2D eigenvalue weighted by atomic mass is 16.4. The van der Waals surface area contributed by atoms with Crippen molar-refractivity contribution >= 4 is 29.5 Å². The number of carboxylic acid groups (broad SMARTS) is 1. The third-order valence-electron chi connectivity index (χ3n) is 4.02. The molecule has 2 aromatic rings. The summed E-state index contributed by atoms with van der Waals surface area (Å²) in [5.74, 6) is 0.742. The average Bonchev–Trinajstić information content (AvgIpc) is 2.67. The Hall–Kier alpha value is -3.19. The van der Waals surface area contributed by atoms with Crippen LogP contribution in [0.3, 0.4) is 0 Å². The van der Waals surface area contributed by atoms with E-state index in [0.29, 0.717) is 11.3 Å². The van der Waals surface area contributed by atoms with E-state index in [0.717, 1.165) is 37.7 Å². The molecule has 0 unspecified atom stereocenters. The van der Waals surface area contributed by atoms with Gasteiger partial charge < -0.3 is 15.3 Å². The monoisotopic (exact) mass is 352 g/mol. The van der Waals surface area contributed by atoms with Gasteiger partial charge >= 0.3 is 6.09 Å². The number of carbonyl (C=O) groups excluding carboxylic acids is 1. The van der Waals surface area contributed by atoms with Crippen LogP contribution in [0.5, 0.6) is 0 Å². The molecule has 26 heavy (non-hydrogen) atoms. The maximum absolute atomic E-state index is 12.3. The first-order valence-corrected chi connectivity index (χ1v) is 8.37. The van der Waals surface area contributed by atoms with E-state index in [-0.39, 0.29) is 5.78 Å². The molecule has 1 aromatic heterocycles. The van der Waals surface area contributed by atoms with Gasteiger partial charge in [-0.3, -0.25) is 10.1 Å². The van der Waals surface area contributed by atoms with E-state index < -0.39 is 6.09 Å². The zero-order chi connectivity index (χ0) is 18.4. The average molecular weight is 352 g/mol. The number of benzene rings is 1. The van der Waals surface area contributed by atoms with Gasteiger partial charge in [-0.25, -0.2) is 9.78 Å². The fourth-order valence-corrected chi connectivity index (χ4v) is 2.70. The third-order valence-corrected chi connectivity index (χ3v) is 4.02. The molecule has 7 nitrogen and oxygen atoms in total. The lowest BCUT2D eigenvalue weighted by Crippen LogP contribution is -2.43. The van der Waals surface area contributed by atoms with Crippen LogP contribution in [0.25, 0.3) is 6.08 Å². The normalized spacial score (nSPS) is 14.4. The Kier molecular flexibility index (Phi) is 5.60. The quantitative estimate of drug-likeness (QED) is 0.565. The number of nitrogens with zero attached hydrogens (tertiary/aromatic N) is 2. The maximum atomic E-state index is 12.3. The predicted octanol–water partition coefficient (Wildman–Crippen LogP) is 2.48. The Labute approximate surface area is 151 Å². The molecular formula is C19H20N4O3. The fourth-order valence-electron chi connectivity index (χ4n) is 2.70. The number of anilines is 2. The summed E-state index contributed by atoms with van der Waals surface area (Å²) >= 11 is 0. The number of ketones is 1. The standard InChI is InChI=1S/C19H20N4O3/c24-17(14-4-6-16(7-5-14)22-19(25)26)9-8-15-2-1-3-18(21-15)23-12-10-20-11-13-23/h1-9,20,22H,10-13H2,(H,25,26). The molecule has 1 aliphatic rings. The molecule has 2 heterocycles. The van der Waals surface area contributed by atoms with Crippen LogP contribution in [-0.2, 0) is 0 Å². The van der Waals surface area contributed by atoms with E-state index in [9.17, 15) is 9.59 Å². The molecule has 0 aliphatic carbocycles. The van der Waals surface area contributed by atoms with Crippen LogP contribution in [-0.4, -0.2) is 48.1 Å². The number of amides is 1. The first-order valence-electron chi connectivity index (χ1n) is 8.37. The lowest BCUT2D eigenvalue weighted by atomic mass is 10.1.